The van der Waals surface area contributed by atoms with Gasteiger partial charge in [-0.1, -0.05) is 0 Å². The molecule has 1 saturated heterocycles. The lowest BCUT2D eigenvalue weighted by atomic mass is 10.1. The average Bonchev–Trinajstić information content (AvgIpc) is 2.54. The van der Waals surface area contributed by atoms with E-state index < -0.39 is 37.1 Å². The molecule has 0 aromatic heterocycles. The molecule has 1 N–H and O–H groups in total. The van der Waals surface area contributed by atoms with Crippen LogP contribution in [0.3, 0.4) is 0 Å². The van der Waals surface area contributed by atoms with Crippen LogP contribution in [0.25, 0.3) is 0 Å². The highest BCUT2D eigenvalue weighted by Crippen LogP contribution is 2.22. The van der Waals surface area contributed by atoms with Crippen molar-refractivity contribution in [3.8, 4) is 0 Å². The molecule has 0 saturated carbocycles. The van der Waals surface area contributed by atoms with Crippen molar-refractivity contribution in [3.63, 3.8) is 0 Å². The molecule has 6 nitrogen and oxygen atoms in total. The molecule has 1 heterocycles. The first-order valence-electron chi connectivity index (χ1n) is 5.41. The van der Waals surface area contributed by atoms with Gasteiger partial charge in [-0.25, -0.2) is 0 Å². The van der Waals surface area contributed by atoms with Gasteiger partial charge in [-0.3, -0.25) is 14.4 Å². The molecule has 1 fully saturated rings. The maximum Gasteiger partial charge on any atom is 0.406 e. The molecule has 2 amide bonds. The summed E-state index contributed by atoms with van der Waals surface area (Å²) in [6.45, 7) is -2.66. The minimum absolute atomic E-state index is 0.00560. The Labute approximate surface area is 106 Å². The minimum atomic E-state index is -4.68. The summed E-state index contributed by atoms with van der Waals surface area (Å²) in [5.41, 5.74) is 0. The van der Waals surface area contributed by atoms with Gasteiger partial charge in [-0.2, -0.15) is 13.2 Å². The average molecular weight is 282 g/mol. The van der Waals surface area contributed by atoms with Crippen molar-refractivity contribution in [1.29, 1.82) is 0 Å². The van der Waals surface area contributed by atoms with Crippen molar-refractivity contribution in [3.05, 3.63) is 0 Å². The first kappa shape index (κ1) is 15.3. The zero-order valence-corrected chi connectivity index (χ0v) is 10.1. The predicted molar refractivity (Wildman–Crippen MR) is 56.0 cm³/mol. The Bertz CT molecular complexity index is 397. The zero-order chi connectivity index (χ0) is 14.8. The van der Waals surface area contributed by atoms with Gasteiger partial charge in [-0.05, 0) is 0 Å². The van der Waals surface area contributed by atoms with Crippen molar-refractivity contribution in [2.45, 2.75) is 12.6 Å². The fourth-order valence-corrected chi connectivity index (χ4v) is 1.88. The summed E-state index contributed by atoms with van der Waals surface area (Å²) in [4.78, 5) is 35.0. The van der Waals surface area contributed by atoms with E-state index in [-0.39, 0.29) is 23.8 Å². The number of carboxylic acid groups (broad SMARTS) is 1. The highest BCUT2D eigenvalue weighted by Gasteiger charge is 2.39. The van der Waals surface area contributed by atoms with Crippen LogP contribution in [-0.4, -0.2) is 65.5 Å². The summed E-state index contributed by atoms with van der Waals surface area (Å²) in [6, 6.07) is 0. The highest BCUT2D eigenvalue weighted by molar-refractivity contribution is 5.90. The summed E-state index contributed by atoms with van der Waals surface area (Å²) in [7, 11) is 1.43. The van der Waals surface area contributed by atoms with E-state index in [2.05, 4.69) is 0 Å². The number of nitrogens with zero attached hydrogens (tertiary/aromatic N) is 2. The molecular formula is C10H13F3N2O4. The van der Waals surface area contributed by atoms with Crippen molar-refractivity contribution in [2.75, 3.05) is 26.7 Å². The Hall–Kier alpha value is -1.80. The standard InChI is InChI=1S/C10H13F3N2O4/c1-14-3-6(2-7(14)16)9(19)15(4-8(17)18)5-10(11,12)13/h6H,2-5H2,1H3,(H,17,18). The van der Waals surface area contributed by atoms with Gasteiger partial charge in [0.1, 0.15) is 13.1 Å². The van der Waals surface area contributed by atoms with E-state index in [9.17, 15) is 27.6 Å². The van der Waals surface area contributed by atoms with Crippen LogP contribution < -0.4 is 0 Å². The second kappa shape index (κ2) is 5.45. The van der Waals surface area contributed by atoms with Crippen LogP contribution in [0.5, 0.6) is 0 Å². The number of carbonyl (C=O) groups excluding carboxylic acids is 2. The van der Waals surface area contributed by atoms with Crippen LogP contribution in [0.2, 0.25) is 0 Å². The summed E-state index contributed by atoms with van der Waals surface area (Å²) < 4.78 is 36.9. The summed E-state index contributed by atoms with van der Waals surface area (Å²) in [5, 5.41) is 8.54. The topological polar surface area (TPSA) is 77.9 Å². The Morgan fingerprint density at radius 3 is 2.42 bits per heavy atom. The number of likely N-dealkylation sites (tertiary alicyclic amines) is 1. The number of carbonyl (C=O) groups is 3. The van der Waals surface area contributed by atoms with Crippen molar-refractivity contribution < 1.29 is 32.7 Å². The minimum Gasteiger partial charge on any atom is -0.480 e. The SMILES string of the molecule is CN1CC(C(=O)N(CC(=O)O)CC(F)(F)F)CC1=O. The fraction of sp³-hybridized carbons (Fsp3) is 0.700. The molecule has 19 heavy (non-hydrogen) atoms. The van der Waals surface area contributed by atoms with Crippen LogP contribution in [0.15, 0.2) is 0 Å². The summed E-state index contributed by atoms with van der Waals surface area (Å²) in [6.07, 6.45) is -4.87. The molecule has 1 unspecified atom stereocenters. The Morgan fingerprint density at radius 2 is 2.05 bits per heavy atom. The lowest BCUT2D eigenvalue weighted by molar-refractivity contribution is -0.167. The number of alkyl halides is 3. The van der Waals surface area contributed by atoms with E-state index in [1.165, 1.54) is 11.9 Å². The van der Waals surface area contributed by atoms with Crippen molar-refractivity contribution in [1.82, 2.24) is 9.80 Å². The third-order valence-electron chi connectivity index (χ3n) is 2.70. The molecule has 1 rings (SSSR count). The lowest BCUT2D eigenvalue weighted by Crippen LogP contribution is -2.45. The number of hydrogen-bond acceptors (Lipinski definition) is 3. The highest BCUT2D eigenvalue weighted by atomic mass is 19.4. The van der Waals surface area contributed by atoms with E-state index in [1.54, 1.807) is 0 Å². The van der Waals surface area contributed by atoms with Crippen LogP contribution in [0.1, 0.15) is 6.42 Å². The van der Waals surface area contributed by atoms with E-state index in [1.807, 2.05) is 0 Å². The van der Waals surface area contributed by atoms with E-state index in [0.717, 1.165) is 0 Å². The second-order valence-corrected chi connectivity index (χ2v) is 4.38. The first-order chi connectivity index (χ1) is 8.60. The Balaban J connectivity index is 2.77. The van der Waals surface area contributed by atoms with E-state index >= 15 is 0 Å². The summed E-state index contributed by atoms with van der Waals surface area (Å²) in [5.74, 6) is -3.76. The predicted octanol–water partition coefficient (Wildman–Crippen LogP) is -0.0598. The molecule has 0 spiro atoms. The van der Waals surface area contributed by atoms with Gasteiger partial charge < -0.3 is 14.9 Å². The fourth-order valence-electron chi connectivity index (χ4n) is 1.88. The number of aliphatic carboxylic acids is 1. The number of hydrogen-bond donors (Lipinski definition) is 1. The van der Waals surface area contributed by atoms with Gasteiger partial charge >= 0.3 is 12.1 Å². The van der Waals surface area contributed by atoms with Crippen LogP contribution in [0, 0.1) is 5.92 Å². The maximum atomic E-state index is 12.3. The molecule has 1 atom stereocenters. The first-order valence-corrected chi connectivity index (χ1v) is 5.41. The number of amides is 2. The molecule has 0 aliphatic carbocycles. The third-order valence-corrected chi connectivity index (χ3v) is 2.70. The largest absolute Gasteiger partial charge is 0.480 e. The zero-order valence-electron chi connectivity index (χ0n) is 10.1. The smallest absolute Gasteiger partial charge is 0.406 e. The normalized spacial score (nSPS) is 19.7. The molecule has 1 aliphatic heterocycles. The maximum absolute atomic E-state index is 12.3. The van der Waals surface area contributed by atoms with Crippen molar-refractivity contribution in [2.24, 2.45) is 5.92 Å². The quantitative estimate of drug-likeness (QED) is 0.783. The van der Waals surface area contributed by atoms with E-state index in [0.29, 0.717) is 0 Å². The summed E-state index contributed by atoms with van der Waals surface area (Å²) >= 11 is 0. The Kier molecular flexibility index (Phi) is 4.38. The molecule has 9 heteroatoms. The van der Waals surface area contributed by atoms with Gasteiger partial charge in [-0.15, -0.1) is 0 Å². The van der Waals surface area contributed by atoms with Crippen LogP contribution in [-0.2, 0) is 14.4 Å². The van der Waals surface area contributed by atoms with E-state index in [4.69, 9.17) is 5.11 Å². The van der Waals surface area contributed by atoms with Gasteiger partial charge in [0.2, 0.25) is 11.8 Å². The van der Waals surface area contributed by atoms with Gasteiger partial charge in [0, 0.05) is 20.0 Å². The molecule has 108 valence electrons. The third kappa shape index (κ3) is 4.42. The second-order valence-electron chi connectivity index (χ2n) is 4.38. The van der Waals surface area contributed by atoms with Crippen LogP contribution >= 0.6 is 0 Å². The molecule has 0 bridgehead atoms. The Morgan fingerprint density at radius 1 is 1.47 bits per heavy atom. The molecule has 0 aromatic rings. The van der Waals surface area contributed by atoms with Gasteiger partial charge in [0.15, 0.2) is 0 Å². The molecular weight excluding hydrogens is 269 g/mol. The number of carboxylic acids is 1. The molecule has 0 radical (unpaired) electrons. The molecule has 1 aliphatic rings. The lowest BCUT2D eigenvalue weighted by Gasteiger charge is -2.24. The monoisotopic (exact) mass is 282 g/mol. The number of halogens is 3. The van der Waals surface area contributed by atoms with Gasteiger partial charge in [0.05, 0.1) is 5.92 Å². The molecule has 0 aromatic carbocycles. The number of rotatable bonds is 4. The van der Waals surface area contributed by atoms with Crippen LogP contribution in [0.4, 0.5) is 13.2 Å². The van der Waals surface area contributed by atoms with Crippen molar-refractivity contribution >= 4 is 17.8 Å². The van der Waals surface area contributed by atoms with Gasteiger partial charge in [0.25, 0.3) is 0 Å².